The van der Waals surface area contributed by atoms with Crippen LogP contribution in [0.25, 0.3) is 0 Å². The molecule has 1 amide bonds. The van der Waals surface area contributed by atoms with Crippen molar-refractivity contribution >= 4 is 14.7 Å². The topological polar surface area (TPSA) is 77.3 Å². The van der Waals surface area contributed by atoms with Gasteiger partial charge in [0, 0.05) is 47.5 Å². The lowest BCUT2D eigenvalue weighted by molar-refractivity contribution is -0.119. The summed E-state index contributed by atoms with van der Waals surface area (Å²) < 4.78 is 16.8. The van der Waals surface area contributed by atoms with Crippen molar-refractivity contribution in [3.63, 3.8) is 0 Å². The third-order valence-corrected chi connectivity index (χ3v) is 7.17. The normalized spacial score (nSPS) is 20.0. The molecule has 0 aromatic rings. The summed E-state index contributed by atoms with van der Waals surface area (Å²) in [5.74, 6) is -0.278. The zero-order valence-corrected chi connectivity index (χ0v) is 13.9. The van der Waals surface area contributed by atoms with Gasteiger partial charge >= 0.3 is 8.80 Å². The van der Waals surface area contributed by atoms with E-state index in [9.17, 15) is 4.79 Å². The van der Waals surface area contributed by atoms with Crippen LogP contribution in [0, 0.1) is 0 Å². The van der Waals surface area contributed by atoms with Gasteiger partial charge in [0.25, 0.3) is 0 Å². The zero-order valence-electron chi connectivity index (χ0n) is 12.9. The van der Waals surface area contributed by atoms with E-state index in [1.54, 1.807) is 21.3 Å². The Bertz CT molecular complexity index is 299. The number of carbonyl (C=O) groups excluding carboxylic acids is 1. The summed E-state index contributed by atoms with van der Waals surface area (Å²) in [6.45, 7) is 5.79. The average Bonchev–Trinajstić information content (AvgIpc) is 2.45. The Morgan fingerprint density at radius 3 is 2.00 bits per heavy atom. The van der Waals surface area contributed by atoms with Crippen LogP contribution in [0.4, 0.5) is 0 Å². The van der Waals surface area contributed by atoms with E-state index in [1.807, 2.05) is 0 Å². The molecule has 0 aromatic heterocycles. The largest absolute Gasteiger partial charge is 0.518 e. The Morgan fingerprint density at radius 2 is 1.65 bits per heavy atom. The van der Waals surface area contributed by atoms with Crippen LogP contribution < -0.4 is 5.73 Å². The quantitative estimate of drug-likeness (QED) is 0.597. The van der Waals surface area contributed by atoms with Crippen LogP contribution in [-0.2, 0) is 18.1 Å². The van der Waals surface area contributed by atoms with Gasteiger partial charge in [-0.15, -0.1) is 0 Å². The summed E-state index contributed by atoms with van der Waals surface area (Å²) in [6.07, 6.45) is 0.900. The van der Waals surface area contributed by atoms with E-state index in [0.717, 1.165) is 32.6 Å². The molecule has 0 bridgehead atoms. The van der Waals surface area contributed by atoms with Gasteiger partial charge in [0.1, 0.15) is 0 Å². The van der Waals surface area contributed by atoms with E-state index in [1.165, 1.54) is 0 Å². The molecule has 1 atom stereocenters. The molecular formula is C12H27N3O4Si. The van der Waals surface area contributed by atoms with Gasteiger partial charge in [-0.2, -0.15) is 0 Å². The minimum atomic E-state index is -2.67. The number of amides is 1. The second kappa shape index (κ2) is 8.06. The summed E-state index contributed by atoms with van der Waals surface area (Å²) in [7, 11) is 2.26. The Morgan fingerprint density at radius 1 is 1.15 bits per heavy atom. The summed E-state index contributed by atoms with van der Waals surface area (Å²) in [6, 6.07) is 0. The highest BCUT2D eigenvalue weighted by Gasteiger charge is 2.49. The Balaban J connectivity index is 2.66. The SMILES string of the molecule is CCC(N1CCN(CC(N)=O)CC1)[Si](OC)(OC)OC. The maximum absolute atomic E-state index is 11.0. The van der Waals surface area contributed by atoms with Gasteiger partial charge in [-0.3, -0.25) is 14.6 Å². The van der Waals surface area contributed by atoms with E-state index in [2.05, 4.69) is 16.7 Å². The minimum Gasteiger partial charge on any atom is -0.376 e. The van der Waals surface area contributed by atoms with Crippen molar-refractivity contribution in [3.05, 3.63) is 0 Å². The van der Waals surface area contributed by atoms with E-state index < -0.39 is 8.80 Å². The van der Waals surface area contributed by atoms with Gasteiger partial charge in [0.15, 0.2) is 0 Å². The number of carbonyl (C=O) groups is 1. The number of hydrogen-bond donors (Lipinski definition) is 1. The first-order chi connectivity index (χ1) is 9.52. The molecule has 118 valence electrons. The van der Waals surface area contributed by atoms with E-state index >= 15 is 0 Å². The lowest BCUT2D eigenvalue weighted by Crippen LogP contribution is -2.64. The summed E-state index contributed by atoms with van der Waals surface area (Å²) in [4.78, 5) is 15.4. The van der Waals surface area contributed by atoms with E-state index in [-0.39, 0.29) is 11.6 Å². The molecule has 1 heterocycles. The first-order valence-electron chi connectivity index (χ1n) is 6.93. The van der Waals surface area contributed by atoms with Gasteiger partial charge in [-0.1, -0.05) is 6.92 Å². The van der Waals surface area contributed by atoms with Crippen molar-refractivity contribution in [2.75, 3.05) is 54.1 Å². The van der Waals surface area contributed by atoms with E-state index in [4.69, 9.17) is 19.0 Å². The molecular weight excluding hydrogens is 278 g/mol. The van der Waals surface area contributed by atoms with Gasteiger partial charge in [-0.05, 0) is 6.42 Å². The van der Waals surface area contributed by atoms with Crippen LogP contribution in [0.5, 0.6) is 0 Å². The lowest BCUT2D eigenvalue weighted by atomic mass is 10.3. The van der Waals surface area contributed by atoms with Gasteiger partial charge in [-0.25, -0.2) is 0 Å². The van der Waals surface area contributed by atoms with Crippen molar-refractivity contribution in [2.45, 2.75) is 19.0 Å². The highest BCUT2D eigenvalue weighted by atomic mass is 28.4. The molecule has 1 aliphatic heterocycles. The number of nitrogens with two attached hydrogens (primary N) is 1. The molecule has 8 heteroatoms. The summed E-state index contributed by atoms with van der Waals surface area (Å²) in [5.41, 5.74) is 5.37. The van der Waals surface area contributed by atoms with Gasteiger partial charge in [0.05, 0.1) is 12.2 Å². The van der Waals surface area contributed by atoms with Gasteiger partial charge in [0.2, 0.25) is 5.91 Å². The summed E-state index contributed by atoms with van der Waals surface area (Å²) >= 11 is 0. The van der Waals surface area contributed by atoms with Crippen LogP contribution >= 0.6 is 0 Å². The van der Waals surface area contributed by atoms with E-state index in [0.29, 0.717) is 6.54 Å². The molecule has 0 aliphatic carbocycles. The molecule has 1 unspecified atom stereocenters. The Hall–Kier alpha value is -0.513. The van der Waals surface area contributed by atoms with Crippen molar-refractivity contribution in [1.82, 2.24) is 9.80 Å². The highest BCUT2D eigenvalue weighted by Crippen LogP contribution is 2.21. The number of rotatable bonds is 8. The fourth-order valence-corrected chi connectivity index (χ4v) is 5.37. The van der Waals surface area contributed by atoms with Crippen LogP contribution in [0.15, 0.2) is 0 Å². The maximum atomic E-state index is 11.0. The zero-order chi connectivity index (χ0) is 15.2. The molecule has 1 rings (SSSR count). The molecule has 1 aliphatic rings. The average molecular weight is 305 g/mol. The van der Waals surface area contributed by atoms with Crippen LogP contribution in [0.3, 0.4) is 0 Å². The van der Waals surface area contributed by atoms with Crippen molar-refractivity contribution in [3.8, 4) is 0 Å². The first kappa shape index (κ1) is 17.5. The lowest BCUT2D eigenvalue weighted by Gasteiger charge is -2.43. The fourth-order valence-electron chi connectivity index (χ4n) is 2.84. The smallest absolute Gasteiger partial charge is 0.376 e. The van der Waals surface area contributed by atoms with Gasteiger partial charge < -0.3 is 19.0 Å². The molecule has 0 spiro atoms. The Labute approximate surface area is 122 Å². The maximum Gasteiger partial charge on any atom is 0.518 e. The number of piperazine rings is 1. The third kappa shape index (κ3) is 4.00. The molecule has 2 N–H and O–H groups in total. The Kier molecular flexibility index (Phi) is 7.07. The van der Waals surface area contributed by atoms with Crippen molar-refractivity contribution in [2.24, 2.45) is 5.73 Å². The predicted molar refractivity (Wildman–Crippen MR) is 78.1 cm³/mol. The number of primary amides is 1. The standard InChI is InChI=1S/C12H27N3O4Si/c1-5-12(20(17-2,18-3)19-4)15-8-6-14(7-9-15)10-11(13)16/h12H,5-10H2,1-4H3,(H2,13,16). The van der Waals surface area contributed by atoms with Crippen molar-refractivity contribution in [1.29, 1.82) is 0 Å². The molecule has 0 saturated carbocycles. The van der Waals surface area contributed by atoms with Crippen LogP contribution in [0.1, 0.15) is 13.3 Å². The molecule has 1 fully saturated rings. The van der Waals surface area contributed by atoms with Crippen LogP contribution in [0.2, 0.25) is 0 Å². The molecule has 0 aromatic carbocycles. The monoisotopic (exact) mass is 305 g/mol. The number of nitrogens with zero attached hydrogens (tertiary/aromatic N) is 2. The highest BCUT2D eigenvalue weighted by molar-refractivity contribution is 6.62. The molecule has 7 nitrogen and oxygen atoms in total. The van der Waals surface area contributed by atoms with Crippen LogP contribution in [-0.4, -0.2) is 84.2 Å². The second-order valence-corrected chi connectivity index (χ2v) is 8.02. The predicted octanol–water partition coefficient (Wildman–Crippen LogP) is -0.715. The number of hydrogen-bond acceptors (Lipinski definition) is 6. The van der Waals surface area contributed by atoms with Crippen molar-refractivity contribution < 1.29 is 18.1 Å². The minimum absolute atomic E-state index is 0.137. The second-order valence-electron chi connectivity index (χ2n) is 4.92. The molecule has 20 heavy (non-hydrogen) atoms. The fraction of sp³-hybridized carbons (Fsp3) is 0.917. The molecule has 1 saturated heterocycles. The first-order valence-corrected chi connectivity index (χ1v) is 8.73. The third-order valence-electron chi connectivity index (χ3n) is 3.88. The summed E-state index contributed by atoms with van der Waals surface area (Å²) in [5, 5.41) is 0. The molecule has 0 radical (unpaired) electrons.